The fraction of sp³-hybridized carbons (Fsp3) is 0.579. The van der Waals surface area contributed by atoms with Crippen molar-refractivity contribution in [2.45, 2.75) is 31.7 Å². The first-order chi connectivity index (χ1) is 12.7. The second-order valence-corrected chi connectivity index (χ2v) is 7.37. The molecule has 1 aromatic carbocycles. The van der Waals surface area contributed by atoms with Crippen molar-refractivity contribution < 1.29 is 9.47 Å². The summed E-state index contributed by atoms with van der Waals surface area (Å²) in [4.78, 5) is 4.60. The van der Waals surface area contributed by atoms with Gasteiger partial charge in [-0.25, -0.2) is 4.68 Å². The highest BCUT2D eigenvalue weighted by Gasteiger charge is 2.36. The van der Waals surface area contributed by atoms with Crippen molar-refractivity contribution in [1.29, 1.82) is 0 Å². The Morgan fingerprint density at radius 3 is 3.08 bits per heavy atom. The van der Waals surface area contributed by atoms with Crippen molar-refractivity contribution in [1.82, 2.24) is 24.8 Å². The van der Waals surface area contributed by atoms with Gasteiger partial charge in [0.05, 0.1) is 30.6 Å². The third-order valence-corrected chi connectivity index (χ3v) is 5.18. The van der Waals surface area contributed by atoms with E-state index in [2.05, 4.69) is 57.1 Å². The predicted octanol–water partition coefficient (Wildman–Crippen LogP) is 1.56. The van der Waals surface area contributed by atoms with Gasteiger partial charge in [0.15, 0.2) is 0 Å². The highest BCUT2D eigenvalue weighted by Crippen LogP contribution is 2.31. The number of aromatic nitrogens is 3. The van der Waals surface area contributed by atoms with E-state index in [0.717, 1.165) is 44.0 Å². The molecule has 1 fully saturated rings. The summed E-state index contributed by atoms with van der Waals surface area (Å²) in [5, 5.41) is 8.34. The van der Waals surface area contributed by atoms with Crippen LogP contribution < -0.4 is 4.74 Å². The lowest BCUT2D eigenvalue weighted by atomic mass is 9.99. The second-order valence-electron chi connectivity index (χ2n) is 7.37. The number of benzene rings is 1. The molecule has 0 amide bonds. The SMILES string of the molecule is CN(C)CCOc1ccccc1CN1CC[C@@H]2OCc3cnnn3[C@H]2C1. The van der Waals surface area contributed by atoms with Crippen LogP contribution in [0.3, 0.4) is 0 Å². The normalized spacial score (nSPS) is 22.9. The molecule has 0 spiro atoms. The first kappa shape index (κ1) is 17.5. The third kappa shape index (κ3) is 3.75. The summed E-state index contributed by atoms with van der Waals surface area (Å²) in [5.41, 5.74) is 2.31. The Hall–Kier alpha value is -1.96. The minimum Gasteiger partial charge on any atom is -0.492 e. The summed E-state index contributed by atoms with van der Waals surface area (Å²) in [7, 11) is 4.12. The predicted molar refractivity (Wildman–Crippen MR) is 98.0 cm³/mol. The van der Waals surface area contributed by atoms with E-state index in [-0.39, 0.29) is 12.1 Å². The molecule has 2 atom stereocenters. The van der Waals surface area contributed by atoms with Crippen molar-refractivity contribution in [3.8, 4) is 5.75 Å². The smallest absolute Gasteiger partial charge is 0.123 e. The molecule has 4 rings (SSSR count). The molecular formula is C19H27N5O2. The Bertz CT molecular complexity index is 732. The molecule has 1 saturated heterocycles. The number of nitrogens with zero attached hydrogens (tertiary/aromatic N) is 5. The van der Waals surface area contributed by atoms with Crippen LogP contribution in [0.4, 0.5) is 0 Å². The van der Waals surface area contributed by atoms with E-state index < -0.39 is 0 Å². The van der Waals surface area contributed by atoms with Gasteiger partial charge < -0.3 is 14.4 Å². The van der Waals surface area contributed by atoms with Gasteiger partial charge in [-0.15, -0.1) is 5.10 Å². The zero-order chi connectivity index (χ0) is 17.9. The van der Waals surface area contributed by atoms with Crippen LogP contribution in [0.5, 0.6) is 5.75 Å². The van der Waals surface area contributed by atoms with Gasteiger partial charge in [-0.1, -0.05) is 23.4 Å². The van der Waals surface area contributed by atoms with Gasteiger partial charge in [0.2, 0.25) is 0 Å². The van der Waals surface area contributed by atoms with Gasteiger partial charge in [0, 0.05) is 31.7 Å². The molecule has 0 N–H and O–H groups in total. The standard InChI is InChI=1S/C19H27N5O2/c1-22(2)9-10-25-18-6-4-3-5-15(18)12-23-8-7-19-17(13-23)24-16(14-26-19)11-20-21-24/h3-6,11,17,19H,7-10,12-14H2,1-2H3/t17-,19-/m0/s1. The molecule has 26 heavy (non-hydrogen) atoms. The summed E-state index contributed by atoms with van der Waals surface area (Å²) in [6, 6.07) is 8.60. The molecule has 0 aliphatic carbocycles. The van der Waals surface area contributed by atoms with E-state index >= 15 is 0 Å². The number of para-hydroxylation sites is 1. The fourth-order valence-corrected chi connectivity index (χ4v) is 3.74. The molecular weight excluding hydrogens is 330 g/mol. The topological polar surface area (TPSA) is 55.6 Å². The average molecular weight is 357 g/mol. The van der Waals surface area contributed by atoms with Crippen LogP contribution >= 0.6 is 0 Å². The van der Waals surface area contributed by atoms with Crippen LogP contribution in [-0.2, 0) is 17.9 Å². The zero-order valence-electron chi connectivity index (χ0n) is 15.5. The van der Waals surface area contributed by atoms with Crippen LogP contribution in [0.25, 0.3) is 0 Å². The van der Waals surface area contributed by atoms with E-state index in [1.807, 2.05) is 12.3 Å². The Balaban J connectivity index is 1.42. The van der Waals surface area contributed by atoms with Crippen LogP contribution in [0, 0.1) is 0 Å². The van der Waals surface area contributed by atoms with E-state index in [4.69, 9.17) is 9.47 Å². The maximum atomic E-state index is 6.02. The van der Waals surface area contributed by atoms with Crippen LogP contribution in [-0.4, -0.2) is 71.2 Å². The third-order valence-electron chi connectivity index (χ3n) is 5.18. The number of ether oxygens (including phenoxy) is 2. The highest BCUT2D eigenvalue weighted by atomic mass is 16.5. The lowest BCUT2D eigenvalue weighted by Crippen LogP contribution is -2.47. The maximum Gasteiger partial charge on any atom is 0.123 e. The van der Waals surface area contributed by atoms with Gasteiger partial charge in [-0.3, -0.25) is 4.90 Å². The van der Waals surface area contributed by atoms with Gasteiger partial charge in [0.25, 0.3) is 0 Å². The fourth-order valence-electron chi connectivity index (χ4n) is 3.74. The van der Waals surface area contributed by atoms with E-state index in [0.29, 0.717) is 13.2 Å². The first-order valence-corrected chi connectivity index (χ1v) is 9.29. The van der Waals surface area contributed by atoms with Crippen molar-refractivity contribution >= 4 is 0 Å². The zero-order valence-corrected chi connectivity index (χ0v) is 15.5. The minimum atomic E-state index is 0.243. The summed E-state index contributed by atoms with van der Waals surface area (Å²) < 4.78 is 14.1. The number of piperidine rings is 1. The maximum absolute atomic E-state index is 6.02. The number of likely N-dealkylation sites (N-methyl/N-ethyl adjacent to an activating group) is 1. The van der Waals surface area contributed by atoms with E-state index in [9.17, 15) is 0 Å². The molecule has 0 radical (unpaired) electrons. The number of likely N-dealkylation sites (tertiary alicyclic amines) is 1. The minimum absolute atomic E-state index is 0.243. The largest absolute Gasteiger partial charge is 0.492 e. The summed E-state index contributed by atoms with van der Waals surface area (Å²) in [6.07, 6.45) is 3.07. The first-order valence-electron chi connectivity index (χ1n) is 9.29. The van der Waals surface area contributed by atoms with Crippen molar-refractivity contribution in [3.05, 3.63) is 41.7 Å². The molecule has 0 bridgehead atoms. The number of fused-ring (bicyclic) bond motifs is 3. The van der Waals surface area contributed by atoms with E-state index in [1.54, 1.807) is 0 Å². The summed E-state index contributed by atoms with van der Waals surface area (Å²) >= 11 is 0. The van der Waals surface area contributed by atoms with Crippen LogP contribution in [0.1, 0.15) is 23.7 Å². The number of hydrogen-bond acceptors (Lipinski definition) is 6. The Morgan fingerprint density at radius 2 is 2.19 bits per heavy atom. The van der Waals surface area contributed by atoms with Gasteiger partial charge in [0.1, 0.15) is 12.4 Å². The Labute approximate surface area is 154 Å². The molecule has 7 nitrogen and oxygen atoms in total. The summed E-state index contributed by atoms with van der Waals surface area (Å²) in [6.45, 7) is 5.06. The molecule has 7 heteroatoms. The van der Waals surface area contributed by atoms with Crippen molar-refractivity contribution in [3.63, 3.8) is 0 Å². The van der Waals surface area contributed by atoms with Gasteiger partial charge in [-0.2, -0.15) is 0 Å². The summed E-state index contributed by atoms with van der Waals surface area (Å²) in [5.74, 6) is 0.984. The second kappa shape index (κ2) is 7.73. The van der Waals surface area contributed by atoms with Crippen molar-refractivity contribution in [2.24, 2.45) is 0 Å². The molecule has 140 valence electrons. The lowest BCUT2D eigenvalue weighted by molar-refractivity contribution is -0.0670. The quantitative estimate of drug-likeness (QED) is 0.782. The molecule has 3 heterocycles. The highest BCUT2D eigenvalue weighted by molar-refractivity contribution is 5.33. The average Bonchev–Trinajstić information content (AvgIpc) is 3.12. The molecule has 2 aliphatic rings. The Kier molecular flexibility index (Phi) is 5.19. The molecule has 2 aliphatic heterocycles. The van der Waals surface area contributed by atoms with Gasteiger partial charge in [-0.05, 0) is 26.6 Å². The number of hydrogen-bond donors (Lipinski definition) is 0. The van der Waals surface area contributed by atoms with Crippen molar-refractivity contribution in [2.75, 3.05) is 40.3 Å². The molecule has 2 aromatic rings. The Morgan fingerprint density at radius 1 is 1.31 bits per heavy atom. The van der Waals surface area contributed by atoms with Crippen LogP contribution in [0.2, 0.25) is 0 Å². The molecule has 1 aromatic heterocycles. The van der Waals surface area contributed by atoms with Crippen LogP contribution in [0.15, 0.2) is 30.5 Å². The van der Waals surface area contributed by atoms with E-state index in [1.165, 1.54) is 5.56 Å². The number of rotatable bonds is 6. The molecule has 0 unspecified atom stereocenters. The monoisotopic (exact) mass is 357 g/mol. The van der Waals surface area contributed by atoms with Gasteiger partial charge >= 0.3 is 0 Å². The molecule has 0 saturated carbocycles. The lowest BCUT2D eigenvalue weighted by Gasteiger charge is -2.41.